The lowest BCUT2D eigenvalue weighted by Crippen LogP contribution is -2.05. The summed E-state index contributed by atoms with van der Waals surface area (Å²) >= 11 is 0. The normalized spacial score (nSPS) is 8.93. The molecular weight excluding hydrogens is 182 g/mol. The lowest BCUT2D eigenvalue weighted by molar-refractivity contribution is 0.0683. The lowest BCUT2D eigenvalue weighted by Gasteiger charge is -1.91. The monoisotopic (exact) mass is 191 g/mol. The summed E-state index contributed by atoms with van der Waals surface area (Å²) in [5, 5.41) is 11.4. The van der Waals surface area contributed by atoms with Crippen LogP contribution in [0.25, 0.3) is 0 Å². The number of hydrogen-bond donors (Lipinski definition) is 2. The van der Waals surface area contributed by atoms with Crippen LogP contribution in [0.1, 0.15) is 16.2 Å². The molecule has 0 aromatic carbocycles. The number of carbonyl (C=O) groups is 1. The Morgan fingerprint density at radius 3 is 2.71 bits per heavy atom. The SMILES string of the molecule is CNCC#Cc1cnc(C(=O)O)nc1. The quantitative estimate of drug-likeness (QED) is 0.630. The molecule has 1 heterocycles. The molecule has 0 amide bonds. The van der Waals surface area contributed by atoms with E-state index in [0.29, 0.717) is 12.1 Å². The van der Waals surface area contributed by atoms with Gasteiger partial charge in [0.05, 0.1) is 12.1 Å². The van der Waals surface area contributed by atoms with Gasteiger partial charge in [0, 0.05) is 12.4 Å². The molecule has 1 aromatic rings. The van der Waals surface area contributed by atoms with Crippen molar-refractivity contribution in [2.24, 2.45) is 0 Å². The number of aromatic nitrogens is 2. The minimum Gasteiger partial charge on any atom is -0.475 e. The summed E-state index contributed by atoms with van der Waals surface area (Å²) in [5.41, 5.74) is 0.602. The Morgan fingerprint density at radius 2 is 2.21 bits per heavy atom. The minimum absolute atomic E-state index is 0.218. The number of hydrogen-bond acceptors (Lipinski definition) is 4. The van der Waals surface area contributed by atoms with E-state index in [9.17, 15) is 4.79 Å². The van der Waals surface area contributed by atoms with Gasteiger partial charge in [0.15, 0.2) is 0 Å². The summed E-state index contributed by atoms with van der Waals surface area (Å²) in [6.45, 7) is 0.570. The highest BCUT2D eigenvalue weighted by molar-refractivity contribution is 5.82. The van der Waals surface area contributed by atoms with E-state index in [2.05, 4.69) is 27.1 Å². The number of nitrogens with one attached hydrogen (secondary N) is 1. The Balaban J connectivity index is 2.75. The number of carboxylic acid groups (broad SMARTS) is 1. The number of aromatic carboxylic acids is 1. The molecule has 5 nitrogen and oxygen atoms in total. The van der Waals surface area contributed by atoms with E-state index in [-0.39, 0.29) is 5.82 Å². The molecule has 0 aliphatic carbocycles. The smallest absolute Gasteiger partial charge is 0.373 e. The van der Waals surface area contributed by atoms with Crippen molar-refractivity contribution in [2.45, 2.75) is 0 Å². The Morgan fingerprint density at radius 1 is 1.57 bits per heavy atom. The fraction of sp³-hybridized carbons (Fsp3) is 0.222. The Hall–Kier alpha value is -1.93. The van der Waals surface area contributed by atoms with Gasteiger partial charge in [0.25, 0.3) is 0 Å². The standard InChI is InChI=1S/C9H9N3O2/c1-10-4-2-3-7-5-11-8(9(13)14)12-6-7/h5-6,10H,4H2,1H3,(H,13,14). The fourth-order valence-corrected chi connectivity index (χ4v) is 0.738. The molecule has 2 N–H and O–H groups in total. The van der Waals surface area contributed by atoms with Crippen LogP contribution in [0.15, 0.2) is 12.4 Å². The number of rotatable bonds is 2. The molecule has 0 aliphatic rings. The topological polar surface area (TPSA) is 75.1 Å². The van der Waals surface area contributed by atoms with Crippen LogP contribution in [-0.4, -0.2) is 34.6 Å². The first kappa shape index (κ1) is 10.2. The van der Waals surface area contributed by atoms with E-state index >= 15 is 0 Å². The maximum absolute atomic E-state index is 10.4. The second-order valence-corrected chi connectivity index (χ2v) is 2.43. The van der Waals surface area contributed by atoms with Crippen molar-refractivity contribution in [3.8, 4) is 11.8 Å². The molecule has 0 bridgehead atoms. The van der Waals surface area contributed by atoms with Gasteiger partial charge in [-0.3, -0.25) is 0 Å². The van der Waals surface area contributed by atoms with Crippen molar-refractivity contribution >= 4 is 5.97 Å². The van der Waals surface area contributed by atoms with Crippen molar-refractivity contribution in [1.29, 1.82) is 0 Å². The summed E-state index contributed by atoms with van der Waals surface area (Å²) in [4.78, 5) is 17.6. The van der Waals surface area contributed by atoms with E-state index in [1.54, 1.807) is 7.05 Å². The van der Waals surface area contributed by atoms with Crippen LogP contribution in [0.5, 0.6) is 0 Å². The van der Waals surface area contributed by atoms with E-state index in [1.165, 1.54) is 12.4 Å². The Labute approximate surface area is 81.2 Å². The Bertz CT molecular complexity index is 375. The van der Waals surface area contributed by atoms with E-state index < -0.39 is 5.97 Å². The maximum atomic E-state index is 10.4. The van der Waals surface area contributed by atoms with Crippen LogP contribution < -0.4 is 5.32 Å². The minimum atomic E-state index is -1.14. The second-order valence-electron chi connectivity index (χ2n) is 2.43. The van der Waals surface area contributed by atoms with Gasteiger partial charge in [-0.05, 0) is 7.05 Å². The lowest BCUT2D eigenvalue weighted by atomic mass is 10.3. The second kappa shape index (κ2) is 4.94. The van der Waals surface area contributed by atoms with E-state index in [4.69, 9.17) is 5.11 Å². The average molecular weight is 191 g/mol. The van der Waals surface area contributed by atoms with Crippen LogP contribution in [0.2, 0.25) is 0 Å². The highest BCUT2D eigenvalue weighted by Crippen LogP contribution is 1.93. The summed E-state index contributed by atoms with van der Waals surface area (Å²) in [6.07, 6.45) is 2.78. The summed E-state index contributed by atoms with van der Waals surface area (Å²) in [5.74, 6) is 4.24. The molecule has 0 atom stereocenters. The van der Waals surface area contributed by atoms with Gasteiger partial charge in [0.2, 0.25) is 5.82 Å². The molecule has 0 saturated carbocycles. The van der Waals surface area contributed by atoms with Crippen molar-refractivity contribution in [2.75, 3.05) is 13.6 Å². The zero-order chi connectivity index (χ0) is 10.4. The van der Waals surface area contributed by atoms with Gasteiger partial charge in [-0.2, -0.15) is 0 Å². The maximum Gasteiger partial charge on any atom is 0.373 e. The third-order valence-corrected chi connectivity index (χ3v) is 1.34. The molecule has 0 unspecified atom stereocenters. The van der Waals surface area contributed by atoms with Crippen LogP contribution in [0.3, 0.4) is 0 Å². The first-order valence-corrected chi connectivity index (χ1v) is 3.93. The molecule has 72 valence electrons. The van der Waals surface area contributed by atoms with Crippen LogP contribution >= 0.6 is 0 Å². The fourth-order valence-electron chi connectivity index (χ4n) is 0.738. The number of carboxylic acids is 1. The average Bonchev–Trinajstić information content (AvgIpc) is 2.19. The molecule has 1 aromatic heterocycles. The van der Waals surface area contributed by atoms with E-state index in [0.717, 1.165) is 0 Å². The van der Waals surface area contributed by atoms with Gasteiger partial charge < -0.3 is 10.4 Å². The van der Waals surface area contributed by atoms with Gasteiger partial charge in [-0.1, -0.05) is 11.8 Å². The third kappa shape index (κ3) is 2.84. The van der Waals surface area contributed by atoms with Crippen LogP contribution in [-0.2, 0) is 0 Å². The van der Waals surface area contributed by atoms with Gasteiger partial charge in [-0.15, -0.1) is 0 Å². The first-order chi connectivity index (χ1) is 6.74. The zero-order valence-electron chi connectivity index (χ0n) is 7.61. The van der Waals surface area contributed by atoms with Gasteiger partial charge in [-0.25, -0.2) is 14.8 Å². The number of nitrogens with zero attached hydrogens (tertiary/aromatic N) is 2. The van der Waals surface area contributed by atoms with Gasteiger partial charge in [0.1, 0.15) is 0 Å². The molecule has 5 heteroatoms. The molecule has 14 heavy (non-hydrogen) atoms. The zero-order valence-corrected chi connectivity index (χ0v) is 7.61. The van der Waals surface area contributed by atoms with Crippen molar-refractivity contribution in [3.63, 3.8) is 0 Å². The highest BCUT2D eigenvalue weighted by Gasteiger charge is 2.03. The summed E-state index contributed by atoms with van der Waals surface area (Å²) in [6, 6.07) is 0. The van der Waals surface area contributed by atoms with Crippen LogP contribution in [0, 0.1) is 11.8 Å². The molecule has 0 spiro atoms. The van der Waals surface area contributed by atoms with Crippen molar-refractivity contribution < 1.29 is 9.90 Å². The van der Waals surface area contributed by atoms with Crippen molar-refractivity contribution in [1.82, 2.24) is 15.3 Å². The highest BCUT2D eigenvalue weighted by atomic mass is 16.4. The predicted octanol–water partition coefficient (Wildman–Crippen LogP) is -0.254. The van der Waals surface area contributed by atoms with Crippen LogP contribution in [0.4, 0.5) is 0 Å². The molecule has 1 rings (SSSR count). The first-order valence-electron chi connectivity index (χ1n) is 3.93. The molecule has 0 fully saturated rings. The predicted molar refractivity (Wildman–Crippen MR) is 49.8 cm³/mol. The van der Waals surface area contributed by atoms with Gasteiger partial charge >= 0.3 is 5.97 Å². The van der Waals surface area contributed by atoms with Crippen molar-refractivity contribution in [3.05, 3.63) is 23.8 Å². The third-order valence-electron chi connectivity index (χ3n) is 1.34. The summed E-state index contributed by atoms with van der Waals surface area (Å²) in [7, 11) is 1.79. The summed E-state index contributed by atoms with van der Waals surface area (Å²) < 4.78 is 0. The molecule has 0 aliphatic heterocycles. The van der Waals surface area contributed by atoms with E-state index in [1.807, 2.05) is 0 Å². The molecular formula is C9H9N3O2. The molecule has 0 radical (unpaired) electrons. The Kier molecular flexibility index (Phi) is 3.58. The largest absolute Gasteiger partial charge is 0.475 e. The molecule has 0 saturated heterocycles.